The normalized spacial score (nSPS) is 12.3. The zero-order valence-corrected chi connectivity index (χ0v) is 16.2. The lowest BCUT2D eigenvalue weighted by Crippen LogP contribution is -2.27. The summed E-state index contributed by atoms with van der Waals surface area (Å²) in [5.74, 6) is 0. The van der Waals surface area contributed by atoms with Crippen LogP contribution in [-0.4, -0.2) is 39.3 Å². The van der Waals surface area contributed by atoms with E-state index in [0.29, 0.717) is 29.4 Å². The molecule has 2 rings (SSSR count). The second kappa shape index (κ2) is 7.06. The molecule has 0 aliphatic carbocycles. The molecule has 0 fully saturated rings. The van der Waals surface area contributed by atoms with Crippen LogP contribution in [0.1, 0.15) is 42.9 Å². The van der Waals surface area contributed by atoms with E-state index in [2.05, 4.69) is 10.2 Å². The predicted molar refractivity (Wildman–Crippen MR) is 93.3 cm³/mol. The molecular formula is C16H27N5O2S. The van der Waals surface area contributed by atoms with Crippen LogP contribution in [0.2, 0.25) is 0 Å². The molecule has 0 saturated carbocycles. The van der Waals surface area contributed by atoms with Crippen molar-refractivity contribution in [1.82, 2.24) is 23.9 Å². The highest BCUT2D eigenvalue weighted by Crippen LogP contribution is 2.24. The van der Waals surface area contributed by atoms with E-state index in [-0.39, 0.29) is 0 Å². The van der Waals surface area contributed by atoms with Gasteiger partial charge in [0.05, 0.1) is 17.1 Å². The lowest BCUT2D eigenvalue weighted by atomic mass is 10.3. The molecular weight excluding hydrogens is 326 g/mol. The highest BCUT2D eigenvalue weighted by molar-refractivity contribution is 7.89. The number of aromatic nitrogens is 4. The van der Waals surface area contributed by atoms with Crippen molar-refractivity contribution in [1.29, 1.82) is 0 Å². The topological polar surface area (TPSA) is 73.0 Å². The highest BCUT2D eigenvalue weighted by Gasteiger charge is 2.29. The number of nitrogens with zero attached hydrogens (tertiary/aromatic N) is 5. The number of rotatable bonds is 7. The Balaban J connectivity index is 2.34. The first-order chi connectivity index (χ1) is 11.2. The number of hydrogen-bond acceptors (Lipinski definition) is 4. The van der Waals surface area contributed by atoms with Gasteiger partial charge in [0.2, 0.25) is 10.0 Å². The SMILES string of the molecule is CCCn1nc(C)c(S(=O)(=O)N(C)Cc2cn(CC)nc2C)c1C. The van der Waals surface area contributed by atoms with Crippen molar-refractivity contribution in [3.05, 3.63) is 28.8 Å². The van der Waals surface area contributed by atoms with E-state index in [9.17, 15) is 8.42 Å². The minimum absolute atomic E-state index is 0.298. The monoisotopic (exact) mass is 353 g/mol. The fourth-order valence-corrected chi connectivity index (χ4v) is 4.35. The van der Waals surface area contributed by atoms with Crippen LogP contribution in [0.25, 0.3) is 0 Å². The van der Waals surface area contributed by atoms with Gasteiger partial charge in [-0.05, 0) is 34.1 Å². The molecule has 0 radical (unpaired) electrons. The van der Waals surface area contributed by atoms with Gasteiger partial charge in [0, 0.05) is 38.4 Å². The van der Waals surface area contributed by atoms with E-state index in [1.165, 1.54) is 4.31 Å². The summed E-state index contributed by atoms with van der Waals surface area (Å²) < 4.78 is 31.0. The summed E-state index contributed by atoms with van der Waals surface area (Å²) in [7, 11) is -1.99. The van der Waals surface area contributed by atoms with Crippen molar-refractivity contribution in [2.45, 2.75) is 65.6 Å². The third-order valence-electron chi connectivity index (χ3n) is 4.18. The summed E-state index contributed by atoms with van der Waals surface area (Å²) in [5.41, 5.74) is 3.02. The summed E-state index contributed by atoms with van der Waals surface area (Å²) in [6.07, 6.45) is 2.81. The minimum atomic E-state index is -3.60. The van der Waals surface area contributed by atoms with E-state index >= 15 is 0 Å². The van der Waals surface area contributed by atoms with Gasteiger partial charge in [0.15, 0.2) is 0 Å². The number of aryl methyl sites for hydroxylation is 4. The average Bonchev–Trinajstić information content (AvgIpc) is 3.00. The minimum Gasteiger partial charge on any atom is -0.272 e. The fraction of sp³-hybridized carbons (Fsp3) is 0.625. The van der Waals surface area contributed by atoms with Crippen LogP contribution in [-0.2, 0) is 29.7 Å². The molecule has 0 atom stereocenters. The molecule has 2 aromatic rings. The lowest BCUT2D eigenvalue weighted by Gasteiger charge is -2.17. The summed E-state index contributed by atoms with van der Waals surface area (Å²) in [6.45, 7) is 11.3. The Kier molecular flexibility index (Phi) is 5.49. The fourth-order valence-electron chi connectivity index (χ4n) is 2.84. The molecule has 134 valence electrons. The maximum Gasteiger partial charge on any atom is 0.246 e. The van der Waals surface area contributed by atoms with Crippen molar-refractivity contribution < 1.29 is 8.42 Å². The number of sulfonamides is 1. The van der Waals surface area contributed by atoms with Gasteiger partial charge in [-0.25, -0.2) is 8.42 Å². The van der Waals surface area contributed by atoms with Crippen molar-refractivity contribution in [3.63, 3.8) is 0 Å². The first-order valence-corrected chi connectivity index (χ1v) is 9.69. The van der Waals surface area contributed by atoms with E-state index < -0.39 is 10.0 Å². The Hall–Kier alpha value is -1.67. The zero-order valence-electron chi connectivity index (χ0n) is 15.4. The second-order valence-corrected chi connectivity index (χ2v) is 8.06. The zero-order chi connectivity index (χ0) is 18.1. The van der Waals surface area contributed by atoms with Gasteiger partial charge in [-0.15, -0.1) is 0 Å². The van der Waals surface area contributed by atoms with Crippen LogP contribution in [0.3, 0.4) is 0 Å². The Labute approximate surface area is 144 Å². The molecule has 0 saturated heterocycles. The van der Waals surface area contributed by atoms with E-state index in [4.69, 9.17) is 0 Å². The summed E-state index contributed by atoms with van der Waals surface area (Å²) in [6, 6.07) is 0. The molecule has 0 spiro atoms. The summed E-state index contributed by atoms with van der Waals surface area (Å²) in [5, 5.41) is 8.76. The molecule has 0 unspecified atom stereocenters. The van der Waals surface area contributed by atoms with Crippen molar-refractivity contribution in [2.24, 2.45) is 0 Å². The third kappa shape index (κ3) is 3.39. The van der Waals surface area contributed by atoms with Crippen molar-refractivity contribution in [3.8, 4) is 0 Å². The van der Waals surface area contributed by atoms with Crippen molar-refractivity contribution >= 4 is 10.0 Å². The quantitative estimate of drug-likeness (QED) is 0.765. The van der Waals surface area contributed by atoms with Crippen LogP contribution in [0.5, 0.6) is 0 Å². The molecule has 0 aliphatic rings. The molecule has 0 aliphatic heterocycles. The van der Waals surface area contributed by atoms with Gasteiger partial charge in [-0.1, -0.05) is 6.92 Å². The predicted octanol–water partition coefficient (Wildman–Crippen LogP) is 2.26. The van der Waals surface area contributed by atoms with Crippen molar-refractivity contribution in [2.75, 3.05) is 7.05 Å². The smallest absolute Gasteiger partial charge is 0.246 e. The van der Waals surface area contributed by atoms with Gasteiger partial charge in [0.1, 0.15) is 4.90 Å². The Morgan fingerprint density at radius 2 is 1.79 bits per heavy atom. The molecule has 0 N–H and O–H groups in total. The maximum atomic E-state index is 13.0. The molecule has 8 heteroatoms. The van der Waals surface area contributed by atoms with E-state index in [1.54, 1.807) is 18.7 Å². The molecule has 0 aromatic carbocycles. The Morgan fingerprint density at radius 3 is 2.33 bits per heavy atom. The Morgan fingerprint density at radius 1 is 1.12 bits per heavy atom. The van der Waals surface area contributed by atoms with Crippen LogP contribution >= 0.6 is 0 Å². The number of hydrogen-bond donors (Lipinski definition) is 0. The van der Waals surface area contributed by atoms with Crippen LogP contribution < -0.4 is 0 Å². The van der Waals surface area contributed by atoms with E-state index in [1.807, 2.05) is 38.6 Å². The van der Waals surface area contributed by atoms with Crippen LogP contribution in [0.4, 0.5) is 0 Å². The molecule has 24 heavy (non-hydrogen) atoms. The van der Waals surface area contributed by atoms with Crippen LogP contribution in [0, 0.1) is 20.8 Å². The molecule has 0 amide bonds. The van der Waals surface area contributed by atoms with Crippen LogP contribution in [0.15, 0.2) is 11.1 Å². The molecule has 2 heterocycles. The lowest BCUT2D eigenvalue weighted by molar-refractivity contribution is 0.464. The largest absolute Gasteiger partial charge is 0.272 e. The third-order valence-corrected chi connectivity index (χ3v) is 6.24. The maximum absolute atomic E-state index is 13.0. The standard InChI is InChI=1S/C16H27N5O2S/c1-7-9-21-14(5)16(13(4)18-21)24(22,23)19(6)10-15-11-20(8-2)17-12(15)3/h11H,7-10H2,1-6H3. The molecule has 2 aromatic heterocycles. The van der Waals surface area contributed by atoms with Gasteiger partial charge in [0.25, 0.3) is 0 Å². The average molecular weight is 353 g/mol. The first kappa shape index (κ1) is 18.7. The Bertz CT molecular complexity index is 820. The molecule has 0 bridgehead atoms. The van der Waals surface area contributed by atoms with Gasteiger partial charge in [-0.3, -0.25) is 9.36 Å². The molecule has 7 nitrogen and oxygen atoms in total. The second-order valence-electron chi connectivity index (χ2n) is 6.08. The van der Waals surface area contributed by atoms with E-state index in [0.717, 1.165) is 24.2 Å². The summed E-state index contributed by atoms with van der Waals surface area (Å²) in [4.78, 5) is 0.319. The summed E-state index contributed by atoms with van der Waals surface area (Å²) >= 11 is 0. The van der Waals surface area contributed by atoms with Gasteiger partial charge >= 0.3 is 0 Å². The first-order valence-electron chi connectivity index (χ1n) is 8.25. The van der Waals surface area contributed by atoms with Gasteiger partial charge < -0.3 is 0 Å². The van der Waals surface area contributed by atoms with Gasteiger partial charge in [-0.2, -0.15) is 14.5 Å². The highest BCUT2D eigenvalue weighted by atomic mass is 32.2.